The van der Waals surface area contributed by atoms with Gasteiger partial charge in [-0.2, -0.15) is 5.10 Å². The molecule has 3 amide bonds. The van der Waals surface area contributed by atoms with E-state index in [-0.39, 0.29) is 30.8 Å². The first kappa shape index (κ1) is 26.9. The maximum Gasteiger partial charge on any atom is 0.322 e. The molecule has 0 spiro atoms. The molecule has 0 aliphatic carbocycles. The standard InChI is InChI=1S/C27H34FN5O3/c1-18-11-12-22(19(2)15-18)33-24(16-23(31-33)27(3,4)5)30-25(34)17-32(13-14-36-6)26(35)29-21-10-8-7-9-20(21)28/h7-12,15-16H,13-14,17H2,1-6H3,(H,29,35)(H,30,34). The van der Waals surface area contributed by atoms with Crippen molar-refractivity contribution < 1.29 is 18.7 Å². The van der Waals surface area contributed by atoms with Crippen molar-refractivity contribution >= 4 is 23.4 Å². The predicted octanol–water partition coefficient (Wildman–Crippen LogP) is 5.04. The average molecular weight is 496 g/mol. The van der Waals surface area contributed by atoms with Gasteiger partial charge in [0.05, 0.1) is 23.7 Å². The number of para-hydroxylation sites is 1. The summed E-state index contributed by atoms with van der Waals surface area (Å²) >= 11 is 0. The van der Waals surface area contributed by atoms with Crippen LogP contribution in [0.5, 0.6) is 0 Å². The van der Waals surface area contributed by atoms with Crippen LogP contribution in [0.25, 0.3) is 5.69 Å². The molecule has 0 saturated carbocycles. The van der Waals surface area contributed by atoms with Crippen molar-refractivity contribution in [3.63, 3.8) is 0 Å². The number of hydrogen-bond donors (Lipinski definition) is 2. The van der Waals surface area contributed by atoms with Crippen LogP contribution in [0, 0.1) is 19.7 Å². The van der Waals surface area contributed by atoms with Gasteiger partial charge < -0.3 is 20.3 Å². The fourth-order valence-electron chi connectivity index (χ4n) is 3.63. The summed E-state index contributed by atoms with van der Waals surface area (Å²) in [5, 5.41) is 10.2. The summed E-state index contributed by atoms with van der Waals surface area (Å²) in [5.41, 5.74) is 3.59. The lowest BCUT2D eigenvalue weighted by atomic mass is 9.92. The summed E-state index contributed by atoms with van der Waals surface area (Å²) in [4.78, 5) is 27.2. The highest BCUT2D eigenvalue weighted by molar-refractivity contribution is 5.96. The monoisotopic (exact) mass is 495 g/mol. The molecule has 0 bridgehead atoms. The molecule has 0 unspecified atom stereocenters. The predicted molar refractivity (Wildman–Crippen MR) is 139 cm³/mol. The SMILES string of the molecule is COCCN(CC(=O)Nc1cc(C(C)(C)C)nn1-c1ccc(C)cc1C)C(=O)Nc1ccccc1F. The van der Waals surface area contributed by atoms with Gasteiger partial charge in [0.25, 0.3) is 0 Å². The fraction of sp³-hybridized carbons (Fsp3) is 0.370. The van der Waals surface area contributed by atoms with Crippen molar-refractivity contribution in [2.45, 2.75) is 40.0 Å². The van der Waals surface area contributed by atoms with Gasteiger partial charge in [-0.05, 0) is 37.6 Å². The highest BCUT2D eigenvalue weighted by Gasteiger charge is 2.24. The average Bonchev–Trinajstić information content (AvgIpc) is 3.22. The van der Waals surface area contributed by atoms with Gasteiger partial charge in [-0.25, -0.2) is 13.9 Å². The van der Waals surface area contributed by atoms with E-state index in [1.54, 1.807) is 10.7 Å². The number of ether oxygens (including phenoxy) is 1. The van der Waals surface area contributed by atoms with E-state index >= 15 is 0 Å². The van der Waals surface area contributed by atoms with Crippen LogP contribution in [0.4, 0.5) is 20.7 Å². The number of methoxy groups -OCH3 is 1. The Kier molecular flexibility index (Phi) is 8.47. The quantitative estimate of drug-likeness (QED) is 0.458. The molecule has 2 aromatic carbocycles. The molecule has 0 atom stereocenters. The number of hydrogen-bond acceptors (Lipinski definition) is 4. The number of halogens is 1. The summed E-state index contributed by atoms with van der Waals surface area (Å²) in [6, 6.07) is 13.1. The highest BCUT2D eigenvalue weighted by atomic mass is 19.1. The Morgan fingerprint density at radius 1 is 1.08 bits per heavy atom. The fourth-order valence-corrected chi connectivity index (χ4v) is 3.63. The number of aryl methyl sites for hydroxylation is 2. The second kappa shape index (κ2) is 11.3. The first-order valence-electron chi connectivity index (χ1n) is 11.8. The van der Waals surface area contributed by atoms with Gasteiger partial charge >= 0.3 is 6.03 Å². The van der Waals surface area contributed by atoms with E-state index in [4.69, 9.17) is 9.84 Å². The Bertz CT molecular complexity index is 1230. The lowest BCUT2D eigenvalue weighted by molar-refractivity contribution is -0.116. The van der Waals surface area contributed by atoms with E-state index in [2.05, 4.69) is 16.7 Å². The van der Waals surface area contributed by atoms with E-state index < -0.39 is 17.8 Å². The van der Waals surface area contributed by atoms with Crippen LogP contribution >= 0.6 is 0 Å². The third-order valence-corrected chi connectivity index (χ3v) is 5.63. The molecule has 0 saturated heterocycles. The van der Waals surface area contributed by atoms with Crippen LogP contribution < -0.4 is 10.6 Å². The molecule has 0 aliphatic rings. The minimum atomic E-state index is -0.606. The summed E-state index contributed by atoms with van der Waals surface area (Å²) < 4.78 is 20.8. The van der Waals surface area contributed by atoms with Gasteiger partial charge in [-0.3, -0.25) is 4.79 Å². The van der Waals surface area contributed by atoms with Crippen LogP contribution in [-0.4, -0.2) is 53.4 Å². The summed E-state index contributed by atoms with van der Waals surface area (Å²) in [7, 11) is 1.50. The maximum atomic E-state index is 14.0. The van der Waals surface area contributed by atoms with Crippen LogP contribution in [0.2, 0.25) is 0 Å². The van der Waals surface area contributed by atoms with Crippen molar-refractivity contribution in [1.82, 2.24) is 14.7 Å². The van der Waals surface area contributed by atoms with Gasteiger partial charge in [-0.1, -0.05) is 50.6 Å². The number of amides is 3. The second-order valence-corrected chi connectivity index (χ2v) is 9.74. The molecule has 8 nitrogen and oxygen atoms in total. The van der Waals surface area contributed by atoms with Gasteiger partial charge in [0.2, 0.25) is 5.91 Å². The number of rotatable bonds is 8. The minimum absolute atomic E-state index is 0.0352. The van der Waals surface area contributed by atoms with Gasteiger partial charge in [0, 0.05) is 25.1 Å². The first-order chi connectivity index (χ1) is 17.0. The van der Waals surface area contributed by atoms with E-state index in [1.165, 1.54) is 30.2 Å². The van der Waals surface area contributed by atoms with Crippen molar-refractivity contribution in [2.24, 2.45) is 0 Å². The zero-order valence-corrected chi connectivity index (χ0v) is 21.7. The Morgan fingerprint density at radius 3 is 2.44 bits per heavy atom. The molecule has 0 fully saturated rings. The van der Waals surface area contributed by atoms with Crippen LogP contribution in [-0.2, 0) is 14.9 Å². The molecular weight excluding hydrogens is 461 g/mol. The lowest BCUT2D eigenvalue weighted by Gasteiger charge is -2.22. The largest absolute Gasteiger partial charge is 0.383 e. The second-order valence-electron chi connectivity index (χ2n) is 9.74. The lowest BCUT2D eigenvalue weighted by Crippen LogP contribution is -2.42. The molecular formula is C27H34FN5O3. The zero-order valence-electron chi connectivity index (χ0n) is 21.7. The van der Waals surface area contributed by atoms with Crippen molar-refractivity contribution in [2.75, 3.05) is 37.4 Å². The molecule has 9 heteroatoms. The van der Waals surface area contributed by atoms with Gasteiger partial charge in [0.15, 0.2) is 0 Å². The number of benzene rings is 2. The Labute approximate surface area is 211 Å². The number of nitrogens with zero attached hydrogens (tertiary/aromatic N) is 3. The molecule has 1 aromatic heterocycles. The molecule has 2 N–H and O–H groups in total. The summed E-state index contributed by atoms with van der Waals surface area (Å²) in [6.45, 7) is 10.3. The first-order valence-corrected chi connectivity index (χ1v) is 11.8. The number of nitrogens with one attached hydrogen (secondary N) is 2. The van der Waals surface area contributed by atoms with Crippen molar-refractivity contribution in [3.05, 3.63) is 71.2 Å². The van der Waals surface area contributed by atoms with Gasteiger partial charge in [-0.15, -0.1) is 0 Å². The number of carbonyl (C=O) groups is 2. The minimum Gasteiger partial charge on any atom is -0.383 e. The molecule has 36 heavy (non-hydrogen) atoms. The number of anilines is 2. The Hall–Kier alpha value is -3.72. The molecule has 3 rings (SSSR count). The van der Waals surface area contributed by atoms with E-state index in [0.717, 1.165) is 22.5 Å². The molecule has 0 radical (unpaired) electrons. The van der Waals surface area contributed by atoms with Crippen LogP contribution in [0.15, 0.2) is 48.5 Å². The third-order valence-electron chi connectivity index (χ3n) is 5.63. The maximum absolute atomic E-state index is 14.0. The molecule has 0 aliphatic heterocycles. The molecule has 192 valence electrons. The van der Waals surface area contributed by atoms with Crippen molar-refractivity contribution in [1.29, 1.82) is 0 Å². The number of urea groups is 1. The van der Waals surface area contributed by atoms with Crippen LogP contribution in [0.1, 0.15) is 37.6 Å². The summed E-state index contributed by atoms with van der Waals surface area (Å²) in [6.07, 6.45) is 0. The third kappa shape index (κ3) is 6.69. The van der Waals surface area contributed by atoms with E-state index in [9.17, 15) is 14.0 Å². The topological polar surface area (TPSA) is 88.5 Å². The van der Waals surface area contributed by atoms with Gasteiger partial charge in [0.1, 0.15) is 18.2 Å². The normalized spacial score (nSPS) is 11.3. The molecule has 1 heterocycles. The number of aromatic nitrogens is 2. The van der Waals surface area contributed by atoms with Crippen molar-refractivity contribution in [3.8, 4) is 5.69 Å². The van der Waals surface area contributed by atoms with E-state index in [1.807, 2.05) is 52.8 Å². The zero-order chi connectivity index (χ0) is 26.5. The smallest absolute Gasteiger partial charge is 0.322 e. The summed E-state index contributed by atoms with van der Waals surface area (Å²) in [5.74, 6) is -0.478. The van der Waals surface area contributed by atoms with E-state index in [0.29, 0.717) is 5.82 Å². The van der Waals surface area contributed by atoms with Crippen LogP contribution in [0.3, 0.4) is 0 Å². The Morgan fingerprint density at radius 2 is 1.81 bits per heavy atom. The highest BCUT2D eigenvalue weighted by Crippen LogP contribution is 2.28. The number of carbonyl (C=O) groups excluding carboxylic acids is 2. The molecule has 3 aromatic rings. The Balaban J connectivity index is 1.84.